The Hall–Kier alpha value is -0.720. The summed E-state index contributed by atoms with van der Waals surface area (Å²) < 4.78 is 0. The van der Waals surface area contributed by atoms with Crippen LogP contribution in [0.1, 0.15) is 50.0 Å². The third kappa shape index (κ3) is 5.88. The maximum atomic E-state index is 11.8. The van der Waals surface area contributed by atoms with Gasteiger partial charge in [0.05, 0.1) is 6.54 Å². The minimum atomic E-state index is 0. The predicted molar refractivity (Wildman–Crippen MR) is 87.9 cm³/mol. The van der Waals surface area contributed by atoms with Crippen LogP contribution < -0.4 is 10.6 Å². The van der Waals surface area contributed by atoms with E-state index in [1.165, 1.54) is 6.42 Å². The number of carbonyl (C=O) groups is 1. The Morgan fingerprint density at radius 3 is 2.76 bits per heavy atom. The van der Waals surface area contributed by atoms with Crippen LogP contribution in [-0.4, -0.2) is 29.2 Å². The molecule has 1 aliphatic rings. The minimum Gasteiger partial charge on any atom is -0.350 e. The molecule has 1 aromatic rings. The first-order chi connectivity index (χ1) is 9.45. The van der Waals surface area contributed by atoms with Gasteiger partial charge in [0.25, 0.3) is 0 Å². The molecule has 2 heterocycles. The number of halogens is 1. The molecular weight excluding hydrogens is 308 g/mol. The summed E-state index contributed by atoms with van der Waals surface area (Å²) in [5.74, 6) is 0.777. The van der Waals surface area contributed by atoms with Crippen molar-refractivity contribution in [1.29, 1.82) is 0 Å². The molecule has 2 rings (SSSR count). The van der Waals surface area contributed by atoms with Gasteiger partial charge in [0, 0.05) is 11.8 Å². The first-order valence-corrected chi connectivity index (χ1v) is 8.07. The number of nitrogens with one attached hydrogen (secondary N) is 2. The highest BCUT2D eigenvalue weighted by molar-refractivity contribution is 7.11. The van der Waals surface area contributed by atoms with Gasteiger partial charge in [-0.3, -0.25) is 4.79 Å². The van der Waals surface area contributed by atoms with Gasteiger partial charge in [-0.2, -0.15) is 0 Å². The molecule has 1 saturated heterocycles. The van der Waals surface area contributed by atoms with Crippen LogP contribution >= 0.6 is 23.7 Å². The SMILES string of the molecule is CC(C)(C)c1nnc(CNC(=O)CCC2CCNC2)s1.Cl. The number of hydrogen-bond donors (Lipinski definition) is 2. The Kier molecular flexibility index (Phi) is 7.03. The number of carbonyl (C=O) groups excluding carboxylic acids is 1. The molecule has 5 nitrogen and oxygen atoms in total. The van der Waals surface area contributed by atoms with Gasteiger partial charge in [-0.25, -0.2) is 0 Å². The topological polar surface area (TPSA) is 66.9 Å². The molecule has 1 aromatic heterocycles. The standard InChI is InChI=1S/C14H24N4OS.ClH/c1-14(2,3)13-18-17-12(20-13)9-16-11(19)5-4-10-6-7-15-8-10;/h10,15H,4-9H2,1-3H3,(H,16,19);1H. The van der Waals surface area contributed by atoms with E-state index in [0.29, 0.717) is 18.9 Å². The third-order valence-corrected chi connectivity index (χ3v) is 4.84. The molecule has 0 bridgehead atoms. The molecule has 0 aromatic carbocycles. The molecule has 0 spiro atoms. The fraction of sp³-hybridized carbons (Fsp3) is 0.786. The van der Waals surface area contributed by atoms with Gasteiger partial charge in [-0.15, -0.1) is 22.6 Å². The fourth-order valence-electron chi connectivity index (χ4n) is 2.19. The molecule has 0 aliphatic carbocycles. The Morgan fingerprint density at radius 1 is 1.43 bits per heavy atom. The Morgan fingerprint density at radius 2 is 2.19 bits per heavy atom. The quantitative estimate of drug-likeness (QED) is 0.868. The Bertz CT molecular complexity index is 452. The van der Waals surface area contributed by atoms with Gasteiger partial charge in [-0.1, -0.05) is 32.1 Å². The second-order valence-electron chi connectivity index (χ2n) is 6.43. The van der Waals surface area contributed by atoms with E-state index in [1.54, 1.807) is 11.3 Å². The second kappa shape index (κ2) is 8.06. The van der Waals surface area contributed by atoms with Gasteiger partial charge in [-0.05, 0) is 31.8 Å². The summed E-state index contributed by atoms with van der Waals surface area (Å²) in [6, 6.07) is 0. The van der Waals surface area contributed by atoms with Crippen molar-refractivity contribution in [2.45, 2.75) is 52.0 Å². The summed E-state index contributed by atoms with van der Waals surface area (Å²) in [6.45, 7) is 8.99. The zero-order valence-corrected chi connectivity index (χ0v) is 14.6. The average Bonchev–Trinajstić information content (AvgIpc) is 3.04. The smallest absolute Gasteiger partial charge is 0.220 e. The van der Waals surface area contributed by atoms with E-state index < -0.39 is 0 Å². The lowest BCUT2D eigenvalue weighted by molar-refractivity contribution is -0.121. The molecular formula is C14H25ClN4OS. The third-order valence-electron chi connectivity index (χ3n) is 3.49. The molecule has 7 heteroatoms. The zero-order valence-electron chi connectivity index (χ0n) is 12.9. The number of amides is 1. The first-order valence-electron chi connectivity index (χ1n) is 7.25. The largest absolute Gasteiger partial charge is 0.350 e. The molecule has 2 N–H and O–H groups in total. The van der Waals surface area contributed by atoms with Crippen molar-refractivity contribution in [2.24, 2.45) is 5.92 Å². The van der Waals surface area contributed by atoms with Gasteiger partial charge in [0.2, 0.25) is 5.91 Å². The van der Waals surface area contributed by atoms with E-state index in [9.17, 15) is 4.79 Å². The molecule has 1 unspecified atom stereocenters. The van der Waals surface area contributed by atoms with E-state index in [-0.39, 0.29) is 23.7 Å². The highest BCUT2D eigenvalue weighted by Crippen LogP contribution is 2.25. The van der Waals surface area contributed by atoms with Gasteiger partial charge < -0.3 is 10.6 Å². The van der Waals surface area contributed by atoms with Crippen molar-refractivity contribution >= 4 is 29.7 Å². The molecule has 1 fully saturated rings. The summed E-state index contributed by atoms with van der Waals surface area (Å²) in [5.41, 5.74) is 0.0232. The summed E-state index contributed by atoms with van der Waals surface area (Å²) in [7, 11) is 0. The van der Waals surface area contributed by atoms with Crippen LogP contribution in [-0.2, 0) is 16.8 Å². The maximum Gasteiger partial charge on any atom is 0.220 e. The van der Waals surface area contributed by atoms with E-state index in [1.807, 2.05) is 0 Å². The lowest BCUT2D eigenvalue weighted by Gasteiger charge is -2.12. The highest BCUT2D eigenvalue weighted by atomic mass is 35.5. The first kappa shape index (κ1) is 18.3. The van der Waals surface area contributed by atoms with Crippen LogP contribution in [0.2, 0.25) is 0 Å². The van der Waals surface area contributed by atoms with Crippen LogP contribution in [0.4, 0.5) is 0 Å². The van der Waals surface area contributed by atoms with E-state index >= 15 is 0 Å². The van der Waals surface area contributed by atoms with Gasteiger partial charge >= 0.3 is 0 Å². The molecule has 0 saturated carbocycles. The van der Waals surface area contributed by atoms with Crippen molar-refractivity contribution < 1.29 is 4.79 Å². The van der Waals surface area contributed by atoms with Crippen molar-refractivity contribution in [3.63, 3.8) is 0 Å². The molecule has 1 aliphatic heterocycles. The van der Waals surface area contributed by atoms with Crippen LogP contribution in [0.5, 0.6) is 0 Å². The normalized spacial score (nSPS) is 18.3. The van der Waals surface area contributed by atoms with Crippen LogP contribution in [0.3, 0.4) is 0 Å². The number of aromatic nitrogens is 2. The van der Waals surface area contributed by atoms with Crippen molar-refractivity contribution in [3.05, 3.63) is 10.0 Å². The molecule has 120 valence electrons. The molecule has 1 amide bonds. The van der Waals surface area contributed by atoms with E-state index in [2.05, 4.69) is 41.6 Å². The fourth-order valence-corrected chi connectivity index (χ4v) is 3.02. The van der Waals surface area contributed by atoms with Crippen LogP contribution in [0, 0.1) is 5.92 Å². The summed E-state index contributed by atoms with van der Waals surface area (Å²) in [4.78, 5) is 11.8. The molecule has 0 radical (unpaired) electrons. The predicted octanol–water partition coefficient (Wildman–Crippen LogP) is 2.26. The van der Waals surface area contributed by atoms with E-state index in [4.69, 9.17) is 0 Å². The lowest BCUT2D eigenvalue weighted by Crippen LogP contribution is -2.23. The molecule has 21 heavy (non-hydrogen) atoms. The second-order valence-corrected chi connectivity index (χ2v) is 7.49. The number of hydrogen-bond acceptors (Lipinski definition) is 5. The van der Waals surface area contributed by atoms with E-state index in [0.717, 1.165) is 29.5 Å². The summed E-state index contributed by atoms with van der Waals surface area (Å²) >= 11 is 1.58. The van der Waals surface area contributed by atoms with Crippen LogP contribution in [0.25, 0.3) is 0 Å². The minimum absolute atomic E-state index is 0. The summed E-state index contributed by atoms with van der Waals surface area (Å²) in [6.07, 6.45) is 2.78. The van der Waals surface area contributed by atoms with Gasteiger partial charge in [0.1, 0.15) is 10.0 Å². The summed E-state index contributed by atoms with van der Waals surface area (Å²) in [5, 5.41) is 16.5. The number of nitrogens with zero attached hydrogens (tertiary/aromatic N) is 2. The van der Waals surface area contributed by atoms with Crippen molar-refractivity contribution in [2.75, 3.05) is 13.1 Å². The monoisotopic (exact) mass is 332 g/mol. The molecule has 1 atom stereocenters. The van der Waals surface area contributed by atoms with Crippen LogP contribution in [0.15, 0.2) is 0 Å². The maximum absolute atomic E-state index is 11.8. The Labute approximate surface area is 136 Å². The van der Waals surface area contributed by atoms with Crippen molar-refractivity contribution in [3.8, 4) is 0 Å². The average molecular weight is 333 g/mol. The number of rotatable bonds is 5. The van der Waals surface area contributed by atoms with Gasteiger partial charge in [0.15, 0.2) is 0 Å². The Balaban J connectivity index is 0.00000220. The van der Waals surface area contributed by atoms with Crippen molar-refractivity contribution in [1.82, 2.24) is 20.8 Å². The highest BCUT2D eigenvalue weighted by Gasteiger charge is 2.19. The lowest BCUT2D eigenvalue weighted by atomic mass is 9.98. The zero-order chi connectivity index (χ0) is 14.6.